The van der Waals surface area contributed by atoms with Gasteiger partial charge in [-0.25, -0.2) is 4.79 Å². The Morgan fingerprint density at radius 1 is 1.12 bits per heavy atom. The van der Waals surface area contributed by atoms with Crippen LogP contribution in [0.25, 0.3) is 0 Å². The third-order valence-corrected chi connectivity index (χ3v) is 5.80. The van der Waals surface area contributed by atoms with E-state index in [1.165, 1.54) is 32.1 Å². The number of anilines is 1. The Labute approximate surface area is 151 Å². The molecule has 2 fully saturated rings. The molecule has 0 unspecified atom stereocenters. The first kappa shape index (κ1) is 18.1. The van der Waals surface area contributed by atoms with Crippen molar-refractivity contribution in [2.24, 2.45) is 0 Å². The minimum Gasteiger partial charge on any atom is -0.497 e. The number of likely N-dealkylation sites (tertiary alicyclic amines) is 1. The summed E-state index contributed by atoms with van der Waals surface area (Å²) in [6.45, 7) is 1.66. The third kappa shape index (κ3) is 4.66. The van der Waals surface area contributed by atoms with E-state index in [1.807, 2.05) is 29.2 Å². The molecule has 1 aromatic carbocycles. The number of rotatable bonds is 4. The minimum absolute atomic E-state index is 0.00739. The number of methoxy groups -OCH3 is 1. The van der Waals surface area contributed by atoms with Gasteiger partial charge in [-0.2, -0.15) is 0 Å². The fraction of sp³-hybridized carbons (Fsp3) is 0.650. The van der Waals surface area contributed by atoms with Gasteiger partial charge < -0.3 is 19.9 Å². The van der Waals surface area contributed by atoms with Crippen molar-refractivity contribution in [1.29, 1.82) is 0 Å². The molecule has 0 radical (unpaired) electrons. The molecule has 1 aliphatic heterocycles. The Bertz CT molecular complexity index is 564. The van der Waals surface area contributed by atoms with Crippen molar-refractivity contribution in [3.05, 3.63) is 24.3 Å². The van der Waals surface area contributed by atoms with Gasteiger partial charge in [0, 0.05) is 36.9 Å². The lowest BCUT2D eigenvalue weighted by Gasteiger charge is -2.41. The van der Waals surface area contributed by atoms with E-state index in [-0.39, 0.29) is 6.03 Å². The summed E-state index contributed by atoms with van der Waals surface area (Å²) in [4.78, 5) is 17.0. The predicted molar refractivity (Wildman–Crippen MR) is 101 cm³/mol. The van der Waals surface area contributed by atoms with Gasteiger partial charge in [-0.3, -0.25) is 0 Å². The fourth-order valence-corrected chi connectivity index (χ4v) is 4.17. The number of nitrogens with zero attached hydrogens (tertiary/aromatic N) is 2. The summed E-state index contributed by atoms with van der Waals surface area (Å²) in [5.41, 5.74) is 0.783. The Kier molecular flexibility index (Phi) is 6.19. The Morgan fingerprint density at radius 2 is 1.80 bits per heavy atom. The van der Waals surface area contributed by atoms with Crippen LogP contribution in [-0.4, -0.2) is 55.2 Å². The quantitative estimate of drug-likeness (QED) is 0.898. The summed E-state index contributed by atoms with van der Waals surface area (Å²) >= 11 is 0. The van der Waals surface area contributed by atoms with Gasteiger partial charge >= 0.3 is 6.03 Å². The largest absolute Gasteiger partial charge is 0.497 e. The second-order valence-electron chi connectivity index (χ2n) is 7.34. The van der Waals surface area contributed by atoms with E-state index >= 15 is 0 Å². The highest BCUT2D eigenvalue weighted by atomic mass is 16.5. The van der Waals surface area contributed by atoms with E-state index in [0.717, 1.165) is 43.4 Å². The first-order chi connectivity index (χ1) is 12.2. The number of urea groups is 1. The molecule has 2 amide bonds. The summed E-state index contributed by atoms with van der Waals surface area (Å²) in [5, 5.41) is 2.99. The van der Waals surface area contributed by atoms with Gasteiger partial charge in [-0.1, -0.05) is 25.3 Å². The second kappa shape index (κ2) is 8.56. The maximum atomic E-state index is 12.5. The molecule has 0 aromatic heterocycles. The molecule has 25 heavy (non-hydrogen) atoms. The van der Waals surface area contributed by atoms with Crippen molar-refractivity contribution in [1.82, 2.24) is 9.80 Å². The average molecular weight is 345 g/mol. The molecular formula is C20H31N3O2. The lowest BCUT2D eigenvalue weighted by Crippen LogP contribution is -2.49. The zero-order valence-electron chi connectivity index (χ0n) is 15.5. The van der Waals surface area contributed by atoms with Crippen LogP contribution in [0.2, 0.25) is 0 Å². The SMILES string of the molecule is COc1cccc(NC(=O)N2CCC(N(C)C3CCCCC3)CC2)c1. The van der Waals surface area contributed by atoms with Crippen LogP contribution >= 0.6 is 0 Å². The van der Waals surface area contributed by atoms with Crippen molar-refractivity contribution in [2.45, 2.75) is 57.0 Å². The highest BCUT2D eigenvalue weighted by Gasteiger charge is 2.29. The van der Waals surface area contributed by atoms with Crippen molar-refractivity contribution >= 4 is 11.7 Å². The second-order valence-corrected chi connectivity index (χ2v) is 7.34. The molecule has 0 bridgehead atoms. The van der Waals surface area contributed by atoms with Gasteiger partial charge in [0.15, 0.2) is 0 Å². The molecule has 2 aliphatic rings. The summed E-state index contributed by atoms with van der Waals surface area (Å²) < 4.78 is 5.21. The Morgan fingerprint density at radius 3 is 2.48 bits per heavy atom. The number of nitrogens with one attached hydrogen (secondary N) is 1. The number of piperidine rings is 1. The normalized spacial score (nSPS) is 19.9. The van der Waals surface area contributed by atoms with Crippen LogP contribution in [0.3, 0.4) is 0 Å². The van der Waals surface area contributed by atoms with Crippen LogP contribution in [0.5, 0.6) is 5.75 Å². The molecule has 1 saturated heterocycles. The van der Waals surface area contributed by atoms with E-state index < -0.39 is 0 Å². The molecule has 1 saturated carbocycles. The van der Waals surface area contributed by atoms with E-state index in [1.54, 1.807) is 7.11 Å². The van der Waals surface area contributed by atoms with Gasteiger partial charge in [0.05, 0.1) is 7.11 Å². The van der Waals surface area contributed by atoms with Gasteiger partial charge in [-0.15, -0.1) is 0 Å². The lowest BCUT2D eigenvalue weighted by atomic mass is 9.92. The molecule has 0 atom stereocenters. The number of carbonyl (C=O) groups is 1. The van der Waals surface area contributed by atoms with Crippen LogP contribution in [0.4, 0.5) is 10.5 Å². The van der Waals surface area contributed by atoms with Gasteiger partial charge in [0.1, 0.15) is 5.75 Å². The van der Waals surface area contributed by atoms with Crippen LogP contribution in [0, 0.1) is 0 Å². The number of carbonyl (C=O) groups excluding carboxylic acids is 1. The molecule has 5 nitrogen and oxygen atoms in total. The summed E-state index contributed by atoms with van der Waals surface area (Å²) in [6, 6.07) is 8.86. The molecule has 1 aliphatic carbocycles. The third-order valence-electron chi connectivity index (χ3n) is 5.80. The molecule has 5 heteroatoms. The maximum absolute atomic E-state index is 12.5. The van der Waals surface area contributed by atoms with Crippen molar-refractivity contribution in [3.8, 4) is 5.75 Å². The van der Waals surface area contributed by atoms with E-state index in [9.17, 15) is 4.79 Å². The number of amides is 2. The Balaban J connectivity index is 1.48. The first-order valence-corrected chi connectivity index (χ1v) is 9.59. The summed E-state index contributed by atoms with van der Waals surface area (Å²) in [6.07, 6.45) is 8.96. The van der Waals surface area contributed by atoms with Crippen LogP contribution in [0.15, 0.2) is 24.3 Å². The number of hydrogen-bond acceptors (Lipinski definition) is 3. The number of hydrogen-bond donors (Lipinski definition) is 1. The minimum atomic E-state index is -0.00739. The topological polar surface area (TPSA) is 44.8 Å². The molecule has 1 aromatic rings. The van der Waals surface area contributed by atoms with Crippen LogP contribution < -0.4 is 10.1 Å². The van der Waals surface area contributed by atoms with E-state index in [0.29, 0.717) is 6.04 Å². The lowest BCUT2D eigenvalue weighted by molar-refractivity contribution is 0.0906. The average Bonchev–Trinajstić information content (AvgIpc) is 2.68. The molecule has 0 spiro atoms. The standard InChI is InChI=1S/C20H31N3O2/c1-22(17-8-4-3-5-9-17)18-11-13-23(14-12-18)20(24)21-16-7-6-10-19(15-16)25-2/h6-7,10,15,17-18H,3-5,8-9,11-14H2,1-2H3,(H,21,24). The van der Waals surface area contributed by atoms with Gasteiger partial charge in [0.2, 0.25) is 0 Å². The smallest absolute Gasteiger partial charge is 0.321 e. The monoisotopic (exact) mass is 345 g/mol. The van der Waals surface area contributed by atoms with Crippen molar-refractivity contribution in [2.75, 3.05) is 32.6 Å². The van der Waals surface area contributed by atoms with E-state index in [4.69, 9.17) is 4.74 Å². The van der Waals surface area contributed by atoms with Crippen molar-refractivity contribution < 1.29 is 9.53 Å². The van der Waals surface area contributed by atoms with Gasteiger partial charge in [0.25, 0.3) is 0 Å². The Hall–Kier alpha value is -1.75. The van der Waals surface area contributed by atoms with Crippen LogP contribution in [0.1, 0.15) is 44.9 Å². The number of benzene rings is 1. The molecule has 1 N–H and O–H groups in total. The predicted octanol–water partition coefficient (Wildman–Crippen LogP) is 3.96. The highest BCUT2D eigenvalue weighted by molar-refractivity contribution is 5.89. The fourth-order valence-electron chi connectivity index (χ4n) is 4.17. The maximum Gasteiger partial charge on any atom is 0.321 e. The molecule has 3 rings (SSSR count). The zero-order valence-corrected chi connectivity index (χ0v) is 15.5. The summed E-state index contributed by atoms with van der Waals surface area (Å²) in [7, 11) is 3.92. The van der Waals surface area contributed by atoms with Crippen molar-refractivity contribution in [3.63, 3.8) is 0 Å². The number of ether oxygens (including phenoxy) is 1. The summed E-state index contributed by atoms with van der Waals surface area (Å²) in [5.74, 6) is 0.755. The first-order valence-electron chi connectivity index (χ1n) is 9.59. The van der Waals surface area contributed by atoms with Gasteiger partial charge in [-0.05, 0) is 44.9 Å². The zero-order chi connectivity index (χ0) is 17.6. The molecular weight excluding hydrogens is 314 g/mol. The molecule has 1 heterocycles. The van der Waals surface area contributed by atoms with Crippen LogP contribution in [-0.2, 0) is 0 Å². The molecule has 138 valence electrons. The highest BCUT2D eigenvalue weighted by Crippen LogP contribution is 2.26. The van der Waals surface area contributed by atoms with E-state index in [2.05, 4.69) is 17.3 Å².